The Morgan fingerprint density at radius 3 is 2.60 bits per heavy atom. The van der Waals surface area contributed by atoms with Crippen LogP contribution < -0.4 is 11.6 Å². The highest BCUT2D eigenvalue weighted by atomic mass is 15.4. The van der Waals surface area contributed by atoms with Crippen molar-refractivity contribution in [3.63, 3.8) is 0 Å². The number of hydrogen-bond donors (Lipinski definition) is 2. The highest BCUT2D eigenvalue weighted by Gasteiger charge is 2.25. The standard InChI is InChI=1S/C16H22N4/c1-10-7-8-11(2)13(9-10)14-15(17)20(18)16(19-14)12-5-3-4-6-12/h7-9,12H,3-6,17-18H2,1-2H3. The summed E-state index contributed by atoms with van der Waals surface area (Å²) < 4.78 is 1.59. The number of imidazole rings is 1. The van der Waals surface area contributed by atoms with E-state index < -0.39 is 0 Å². The minimum absolute atomic E-state index is 0.459. The van der Waals surface area contributed by atoms with Crippen molar-refractivity contribution < 1.29 is 0 Å². The van der Waals surface area contributed by atoms with Crippen molar-refractivity contribution in [1.29, 1.82) is 0 Å². The Morgan fingerprint density at radius 1 is 1.20 bits per heavy atom. The number of aromatic nitrogens is 2. The Labute approximate surface area is 119 Å². The number of nitrogens with zero attached hydrogens (tertiary/aromatic N) is 2. The van der Waals surface area contributed by atoms with Crippen molar-refractivity contribution in [2.75, 3.05) is 11.6 Å². The van der Waals surface area contributed by atoms with Crippen LogP contribution in [0.5, 0.6) is 0 Å². The Morgan fingerprint density at radius 2 is 1.90 bits per heavy atom. The van der Waals surface area contributed by atoms with E-state index in [1.54, 1.807) is 4.68 Å². The average molecular weight is 270 g/mol. The van der Waals surface area contributed by atoms with Gasteiger partial charge in [-0.05, 0) is 38.3 Å². The van der Waals surface area contributed by atoms with Crippen LogP contribution in [-0.4, -0.2) is 9.66 Å². The summed E-state index contributed by atoms with van der Waals surface area (Å²) in [6.45, 7) is 4.16. The number of aryl methyl sites for hydroxylation is 2. The molecule has 0 unspecified atom stereocenters. The number of rotatable bonds is 2. The third-order valence-corrected chi connectivity index (χ3v) is 4.34. The van der Waals surface area contributed by atoms with Crippen LogP contribution in [0.15, 0.2) is 18.2 Å². The molecule has 0 saturated heterocycles. The SMILES string of the molecule is Cc1ccc(C)c(-c2nc(C3CCCC3)n(N)c2N)c1. The molecule has 0 atom stereocenters. The maximum absolute atomic E-state index is 6.20. The summed E-state index contributed by atoms with van der Waals surface area (Å²) in [4.78, 5) is 4.78. The van der Waals surface area contributed by atoms with Gasteiger partial charge in [-0.3, -0.25) is 0 Å². The summed E-state index contributed by atoms with van der Waals surface area (Å²) in [7, 11) is 0. The van der Waals surface area contributed by atoms with Crippen LogP contribution in [0.2, 0.25) is 0 Å². The molecule has 1 saturated carbocycles. The summed E-state index contributed by atoms with van der Waals surface area (Å²) in [5.74, 6) is 8.11. The molecule has 3 rings (SSSR count). The molecule has 1 fully saturated rings. The van der Waals surface area contributed by atoms with Gasteiger partial charge in [-0.25, -0.2) is 9.66 Å². The van der Waals surface area contributed by atoms with Gasteiger partial charge in [-0.15, -0.1) is 0 Å². The van der Waals surface area contributed by atoms with Crippen LogP contribution in [0, 0.1) is 13.8 Å². The molecule has 106 valence electrons. The van der Waals surface area contributed by atoms with E-state index in [4.69, 9.17) is 16.6 Å². The van der Waals surface area contributed by atoms with Crippen molar-refractivity contribution in [3.05, 3.63) is 35.2 Å². The lowest BCUT2D eigenvalue weighted by Crippen LogP contribution is -2.17. The first-order valence-corrected chi connectivity index (χ1v) is 7.28. The smallest absolute Gasteiger partial charge is 0.150 e. The molecule has 0 amide bonds. The number of hydrogen-bond acceptors (Lipinski definition) is 3. The van der Waals surface area contributed by atoms with Crippen molar-refractivity contribution in [3.8, 4) is 11.3 Å². The van der Waals surface area contributed by atoms with Crippen LogP contribution >= 0.6 is 0 Å². The van der Waals surface area contributed by atoms with Crippen LogP contribution in [0.25, 0.3) is 11.3 Å². The Balaban J connectivity index is 2.10. The first kappa shape index (κ1) is 13.0. The van der Waals surface area contributed by atoms with Gasteiger partial charge in [-0.1, -0.05) is 30.5 Å². The fourth-order valence-corrected chi connectivity index (χ4v) is 3.12. The predicted molar refractivity (Wildman–Crippen MR) is 82.9 cm³/mol. The third-order valence-electron chi connectivity index (χ3n) is 4.34. The largest absolute Gasteiger partial charge is 0.382 e. The highest BCUT2D eigenvalue weighted by molar-refractivity contribution is 5.74. The lowest BCUT2D eigenvalue weighted by atomic mass is 10.0. The molecule has 1 aliphatic rings. The minimum Gasteiger partial charge on any atom is -0.382 e. The van der Waals surface area contributed by atoms with E-state index in [9.17, 15) is 0 Å². The number of anilines is 1. The van der Waals surface area contributed by atoms with Gasteiger partial charge < -0.3 is 11.6 Å². The molecule has 0 spiro atoms. The second-order valence-electron chi connectivity index (χ2n) is 5.87. The first-order valence-electron chi connectivity index (χ1n) is 7.28. The maximum Gasteiger partial charge on any atom is 0.150 e. The summed E-state index contributed by atoms with van der Waals surface area (Å²) in [5, 5.41) is 0. The van der Waals surface area contributed by atoms with Crippen LogP contribution in [0.4, 0.5) is 5.82 Å². The molecule has 4 nitrogen and oxygen atoms in total. The fraction of sp³-hybridized carbons (Fsp3) is 0.438. The minimum atomic E-state index is 0.459. The molecule has 4 N–H and O–H groups in total. The molecule has 20 heavy (non-hydrogen) atoms. The zero-order valence-corrected chi connectivity index (χ0v) is 12.2. The second kappa shape index (κ2) is 4.85. The van der Waals surface area contributed by atoms with Crippen molar-refractivity contribution in [2.45, 2.75) is 45.4 Å². The molecule has 0 aliphatic heterocycles. The fourth-order valence-electron chi connectivity index (χ4n) is 3.12. The predicted octanol–water partition coefficient (Wildman–Crippen LogP) is 3.12. The lowest BCUT2D eigenvalue weighted by molar-refractivity contribution is 0.648. The van der Waals surface area contributed by atoms with E-state index in [-0.39, 0.29) is 0 Å². The zero-order valence-electron chi connectivity index (χ0n) is 12.2. The molecule has 2 aromatic rings. The molecule has 0 radical (unpaired) electrons. The van der Waals surface area contributed by atoms with E-state index in [0.29, 0.717) is 11.7 Å². The van der Waals surface area contributed by atoms with Crippen LogP contribution in [0.3, 0.4) is 0 Å². The highest BCUT2D eigenvalue weighted by Crippen LogP contribution is 2.37. The Hall–Kier alpha value is -1.97. The number of nitrogens with two attached hydrogens (primary N) is 2. The molecule has 4 heteroatoms. The summed E-state index contributed by atoms with van der Waals surface area (Å²) in [5.41, 5.74) is 10.5. The molecule has 1 heterocycles. The molecular formula is C16H22N4. The molecule has 1 aliphatic carbocycles. The monoisotopic (exact) mass is 270 g/mol. The van der Waals surface area contributed by atoms with Crippen molar-refractivity contribution in [2.24, 2.45) is 0 Å². The quantitative estimate of drug-likeness (QED) is 0.824. The molecule has 1 aromatic carbocycles. The summed E-state index contributed by atoms with van der Waals surface area (Å²) >= 11 is 0. The van der Waals surface area contributed by atoms with Gasteiger partial charge in [0.1, 0.15) is 11.5 Å². The van der Waals surface area contributed by atoms with E-state index in [1.165, 1.54) is 36.8 Å². The van der Waals surface area contributed by atoms with Crippen LogP contribution in [0.1, 0.15) is 48.6 Å². The zero-order chi connectivity index (χ0) is 14.3. The number of nitrogen functional groups attached to an aromatic ring is 2. The van der Waals surface area contributed by atoms with Gasteiger partial charge in [0.15, 0.2) is 5.82 Å². The topological polar surface area (TPSA) is 69.9 Å². The molecule has 0 bridgehead atoms. The van der Waals surface area contributed by atoms with Gasteiger partial charge in [0.2, 0.25) is 0 Å². The van der Waals surface area contributed by atoms with Gasteiger partial charge in [0.05, 0.1) is 0 Å². The Kier molecular flexibility index (Phi) is 3.16. The van der Waals surface area contributed by atoms with E-state index in [1.807, 2.05) is 0 Å². The van der Waals surface area contributed by atoms with E-state index >= 15 is 0 Å². The number of benzene rings is 1. The molecular weight excluding hydrogens is 248 g/mol. The lowest BCUT2D eigenvalue weighted by Gasteiger charge is -2.08. The summed E-state index contributed by atoms with van der Waals surface area (Å²) in [6, 6.07) is 6.34. The first-order chi connectivity index (χ1) is 9.58. The average Bonchev–Trinajstić information content (AvgIpc) is 3.04. The molecule has 1 aromatic heterocycles. The third kappa shape index (κ3) is 2.05. The van der Waals surface area contributed by atoms with Crippen LogP contribution in [-0.2, 0) is 0 Å². The van der Waals surface area contributed by atoms with Gasteiger partial charge >= 0.3 is 0 Å². The van der Waals surface area contributed by atoms with Crippen molar-refractivity contribution >= 4 is 5.82 Å². The van der Waals surface area contributed by atoms with Crippen molar-refractivity contribution in [1.82, 2.24) is 9.66 Å². The van der Waals surface area contributed by atoms with E-state index in [0.717, 1.165) is 17.1 Å². The van der Waals surface area contributed by atoms with Gasteiger partial charge in [0, 0.05) is 11.5 Å². The summed E-state index contributed by atoms with van der Waals surface area (Å²) in [6.07, 6.45) is 4.85. The normalized spacial score (nSPS) is 15.9. The van der Waals surface area contributed by atoms with E-state index in [2.05, 4.69) is 32.0 Å². The van der Waals surface area contributed by atoms with Gasteiger partial charge in [-0.2, -0.15) is 0 Å². The maximum atomic E-state index is 6.20. The Bertz CT molecular complexity index is 636. The second-order valence-corrected chi connectivity index (χ2v) is 5.87. The van der Waals surface area contributed by atoms with Gasteiger partial charge in [0.25, 0.3) is 0 Å².